The summed E-state index contributed by atoms with van der Waals surface area (Å²) >= 11 is 0. The minimum atomic E-state index is 0.290. The Bertz CT molecular complexity index is 424. The van der Waals surface area contributed by atoms with Crippen molar-refractivity contribution in [3.63, 3.8) is 0 Å². The van der Waals surface area contributed by atoms with E-state index in [4.69, 9.17) is 4.74 Å². The van der Waals surface area contributed by atoms with Gasteiger partial charge in [-0.25, -0.2) is 0 Å². The van der Waals surface area contributed by atoms with E-state index in [0.717, 1.165) is 32.4 Å². The summed E-state index contributed by atoms with van der Waals surface area (Å²) in [4.78, 5) is 14.1. The average Bonchev–Trinajstić information content (AvgIpc) is 2.54. The Hall–Kier alpha value is -1.35. The summed E-state index contributed by atoms with van der Waals surface area (Å²) in [7, 11) is 0. The van der Waals surface area contributed by atoms with Gasteiger partial charge in [-0.2, -0.15) is 0 Å². The van der Waals surface area contributed by atoms with Gasteiger partial charge >= 0.3 is 0 Å². The summed E-state index contributed by atoms with van der Waals surface area (Å²) in [6, 6.07) is 10.3. The number of hydrogen-bond donors (Lipinski definition) is 0. The first-order valence-electron chi connectivity index (χ1n) is 8.12. The SMILES string of the molecule is CC[C@@H](C)CC(=O)N1CCC(OCc2ccccc2)CC1. The van der Waals surface area contributed by atoms with Gasteiger partial charge in [0.2, 0.25) is 5.91 Å². The molecule has 0 N–H and O–H groups in total. The highest BCUT2D eigenvalue weighted by Crippen LogP contribution is 2.18. The van der Waals surface area contributed by atoms with Gasteiger partial charge < -0.3 is 9.64 Å². The third-order valence-corrected chi connectivity index (χ3v) is 4.34. The van der Waals surface area contributed by atoms with E-state index in [-0.39, 0.29) is 6.10 Å². The molecule has 1 aromatic rings. The standard InChI is InChI=1S/C18H27NO2/c1-3-15(2)13-18(20)19-11-9-17(10-12-19)21-14-16-7-5-4-6-8-16/h4-8,15,17H,3,9-14H2,1-2H3/t15-/m1/s1. The Balaban J connectivity index is 1.69. The fraction of sp³-hybridized carbons (Fsp3) is 0.611. The Labute approximate surface area is 128 Å². The van der Waals surface area contributed by atoms with Crippen LogP contribution in [0.15, 0.2) is 30.3 Å². The molecule has 1 fully saturated rings. The van der Waals surface area contributed by atoms with Crippen LogP contribution in [0.1, 0.15) is 45.1 Å². The van der Waals surface area contributed by atoms with E-state index in [1.54, 1.807) is 0 Å². The lowest BCUT2D eigenvalue weighted by Gasteiger charge is -2.32. The third kappa shape index (κ3) is 5.16. The number of piperidine rings is 1. The molecule has 1 aromatic carbocycles. The molecule has 116 valence electrons. The number of ether oxygens (including phenoxy) is 1. The van der Waals surface area contributed by atoms with Gasteiger partial charge in [-0.3, -0.25) is 4.79 Å². The van der Waals surface area contributed by atoms with E-state index in [0.29, 0.717) is 24.9 Å². The van der Waals surface area contributed by atoms with Crippen molar-refractivity contribution in [1.29, 1.82) is 0 Å². The molecule has 0 radical (unpaired) electrons. The minimum Gasteiger partial charge on any atom is -0.373 e. The minimum absolute atomic E-state index is 0.290. The number of carbonyl (C=O) groups excluding carboxylic acids is 1. The van der Waals surface area contributed by atoms with Gasteiger partial charge in [0, 0.05) is 19.5 Å². The van der Waals surface area contributed by atoms with Gasteiger partial charge in [-0.05, 0) is 24.3 Å². The fourth-order valence-electron chi connectivity index (χ4n) is 2.63. The van der Waals surface area contributed by atoms with Crippen molar-refractivity contribution in [3.8, 4) is 0 Å². The molecular formula is C18H27NO2. The van der Waals surface area contributed by atoms with E-state index in [1.807, 2.05) is 23.1 Å². The van der Waals surface area contributed by atoms with Crippen molar-refractivity contribution < 1.29 is 9.53 Å². The first-order valence-corrected chi connectivity index (χ1v) is 8.12. The maximum atomic E-state index is 12.1. The van der Waals surface area contributed by atoms with Crippen molar-refractivity contribution in [2.24, 2.45) is 5.92 Å². The van der Waals surface area contributed by atoms with E-state index in [2.05, 4.69) is 26.0 Å². The van der Waals surface area contributed by atoms with Crippen molar-refractivity contribution in [2.45, 2.75) is 52.2 Å². The van der Waals surface area contributed by atoms with Crippen LogP contribution >= 0.6 is 0 Å². The maximum absolute atomic E-state index is 12.1. The molecule has 1 aliphatic rings. The van der Waals surface area contributed by atoms with Crippen molar-refractivity contribution in [3.05, 3.63) is 35.9 Å². The number of nitrogens with zero attached hydrogens (tertiary/aromatic N) is 1. The topological polar surface area (TPSA) is 29.5 Å². The lowest BCUT2D eigenvalue weighted by molar-refractivity contribution is -0.134. The Morgan fingerprint density at radius 3 is 2.57 bits per heavy atom. The van der Waals surface area contributed by atoms with E-state index in [1.165, 1.54) is 5.56 Å². The van der Waals surface area contributed by atoms with Crippen LogP contribution in [-0.2, 0) is 16.1 Å². The second-order valence-corrected chi connectivity index (χ2v) is 6.09. The molecule has 0 bridgehead atoms. The van der Waals surface area contributed by atoms with E-state index < -0.39 is 0 Å². The molecule has 0 spiro atoms. The molecule has 2 rings (SSSR count). The van der Waals surface area contributed by atoms with Crippen molar-refractivity contribution in [2.75, 3.05) is 13.1 Å². The number of likely N-dealkylation sites (tertiary alicyclic amines) is 1. The number of hydrogen-bond acceptors (Lipinski definition) is 2. The summed E-state index contributed by atoms with van der Waals surface area (Å²) in [6.07, 6.45) is 3.96. The molecule has 1 amide bonds. The Kier molecular flexibility index (Phi) is 6.24. The summed E-state index contributed by atoms with van der Waals surface area (Å²) in [5.74, 6) is 0.801. The molecule has 1 atom stereocenters. The third-order valence-electron chi connectivity index (χ3n) is 4.34. The van der Waals surface area contributed by atoms with Gasteiger partial charge in [0.05, 0.1) is 12.7 Å². The zero-order valence-corrected chi connectivity index (χ0v) is 13.3. The summed E-state index contributed by atoms with van der Waals surface area (Å²) in [5, 5.41) is 0. The number of benzene rings is 1. The highest BCUT2D eigenvalue weighted by atomic mass is 16.5. The van der Waals surface area contributed by atoms with Crippen LogP contribution in [0.25, 0.3) is 0 Å². The van der Waals surface area contributed by atoms with Gasteiger partial charge in [0.15, 0.2) is 0 Å². The first-order chi connectivity index (χ1) is 10.2. The summed E-state index contributed by atoms with van der Waals surface area (Å²) in [6.45, 7) is 6.64. The van der Waals surface area contributed by atoms with Crippen LogP contribution in [0, 0.1) is 5.92 Å². The van der Waals surface area contributed by atoms with Crippen LogP contribution in [0.4, 0.5) is 0 Å². The summed E-state index contributed by atoms with van der Waals surface area (Å²) < 4.78 is 5.96. The second kappa shape index (κ2) is 8.18. The van der Waals surface area contributed by atoms with Gasteiger partial charge in [-0.15, -0.1) is 0 Å². The molecular weight excluding hydrogens is 262 g/mol. The molecule has 1 heterocycles. The lowest BCUT2D eigenvalue weighted by Crippen LogP contribution is -2.41. The van der Waals surface area contributed by atoms with Crippen molar-refractivity contribution >= 4 is 5.91 Å². The predicted molar refractivity (Wildman–Crippen MR) is 84.9 cm³/mol. The molecule has 1 aliphatic heterocycles. The molecule has 3 nitrogen and oxygen atoms in total. The van der Waals surface area contributed by atoms with Gasteiger partial charge in [0.25, 0.3) is 0 Å². The normalized spacial score (nSPS) is 17.7. The lowest BCUT2D eigenvalue weighted by atomic mass is 10.0. The quantitative estimate of drug-likeness (QED) is 0.800. The first kappa shape index (κ1) is 16.0. The zero-order valence-electron chi connectivity index (χ0n) is 13.3. The fourth-order valence-corrected chi connectivity index (χ4v) is 2.63. The van der Waals surface area contributed by atoms with Gasteiger partial charge in [0.1, 0.15) is 0 Å². The molecule has 21 heavy (non-hydrogen) atoms. The summed E-state index contributed by atoms with van der Waals surface area (Å²) in [5.41, 5.74) is 1.22. The smallest absolute Gasteiger partial charge is 0.222 e. The largest absolute Gasteiger partial charge is 0.373 e. The Morgan fingerprint density at radius 2 is 1.95 bits per heavy atom. The maximum Gasteiger partial charge on any atom is 0.222 e. The molecule has 3 heteroatoms. The van der Waals surface area contributed by atoms with Crippen LogP contribution in [0.3, 0.4) is 0 Å². The van der Waals surface area contributed by atoms with Crippen LogP contribution in [0.5, 0.6) is 0 Å². The number of rotatable bonds is 6. The number of amides is 1. The van der Waals surface area contributed by atoms with E-state index in [9.17, 15) is 4.79 Å². The van der Waals surface area contributed by atoms with Crippen molar-refractivity contribution in [1.82, 2.24) is 4.90 Å². The second-order valence-electron chi connectivity index (χ2n) is 6.09. The monoisotopic (exact) mass is 289 g/mol. The average molecular weight is 289 g/mol. The Morgan fingerprint density at radius 1 is 1.29 bits per heavy atom. The van der Waals surface area contributed by atoms with E-state index >= 15 is 0 Å². The number of carbonyl (C=O) groups is 1. The molecule has 0 saturated carbocycles. The molecule has 0 aliphatic carbocycles. The molecule has 0 aromatic heterocycles. The zero-order chi connectivity index (χ0) is 15.1. The van der Waals surface area contributed by atoms with Gasteiger partial charge in [-0.1, -0.05) is 50.6 Å². The molecule has 0 unspecified atom stereocenters. The van der Waals surface area contributed by atoms with Crippen LogP contribution in [0.2, 0.25) is 0 Å². The highest BCUT2D eigenvalue weighted by molar-refractivity contribution is 5.76. The highest BCUT2D eigenvalue weighted by Gasteiger charge is 2.23. The predicted octanol–water partition coefficient (Wildman–Crippen LogP) is 3.63. The van der Waals surface area contributed by atoms with Crippen LogP contribution in [-0.4, -0.2) is 30.0 Å². The van der Waals surface area contributed by atoms with Crippen LogP contribution < -0.4 is 0 Å². The molecule has 1 saturated heterocycles.